The first kappa shape index (κ1) is 25.0. The second-order valence-corrected chi connectivity index (χ2v) is 12.6. The summed E-state index contributed by atoms with van der Waals surface area (Å²) < 4.78 is 0. The van der Waals surface area contributed by atoms with Crippen molar-refractivity contribution in [3.05, 3.63) is 41.6 Å². The van der Waals surface area contributed by atoms with Crippen molar-refractivity contribution in [3.63, 3.8) is 0 Å². The molecule has 5 saturated carbocycles. The van der Waals surface area contributed by atoms with Gasteiger partial charge in [0.15, 0.2) is 0 Å². The van der Waals surface area contributed by atoms with Crippen LogP contribution < -0.4 is 16.0 Å². The van der Waals surface area contributed by atoms with Crippen LogP contribution in [0.1, 0.15) is 68.9 Å². The van der Waals surface area contributed by atoms with Gasteiger partial charge < -0.3 is 21.1 Å². The van der Waals surface area contributed by atoms with Crippen LogP contribution in [0.15, 0.2) is 35.4 Å². The molecule has 8 heteroatoms. The van der Waals surface area contributed by atoms with Crippen molar-refractivity contribution < 1.29 is 5.11 Å². The molecule has 5 fully saturated rings. The van der Waals surface area contributed by atoms with E-state index >= 15 is 0 Å². The van der Waals surface area contributed by atoms with Crippen molar-refractivity contribution in [2.24, 2.45) is 23.2 Å². The van der Waals surface area contributed by atoms with E-state index in [1.165, 1.54) is 32.1 Å². The number of aliphatic hydroxyl groups is 1. The fourth-order valence-corrected chi connectivity index (χ4v) is 8.23. The molecule has 0 radical (unpaired) electrons. The SMILES string of the molecule is N#Cc1cnc(NCc2ccccc2S)nc1NC[C@@]12CC3C[C@H](C1)[C@@H](N[C@H]1CC[C@H](O)CC1)[C@@H](C3)C2. The lowest BCUT2D eigenvalue weighted by Crippen LogP contribution is -2.61. The van der Waals surface area contributed by atoms with E-state index in [-0.39, 0.29) is 11.5 Å². The zero-order chi connectivity index (χ0) is 25.4. The summed E-state index contributed by atoms with van der Waals surface area (Å²) in [5.41, 5.74) is 1.85. The first-order valence-electron chi connectivity index (χ1n) is 14.0. The minimum absolute atomic E-state index is 0.0968. The fraction of sp³-hybridized carbons (Fsp3) is 0.621. The maximum absolute atomic E-state index is 9.90. The Balaban J connectivity index is 1.11. The van der Waals surface area contributed by atoms with E-state index in [0.29, 0.717) is 36.0 Å². The number of rotatable bonds is 8. The van der Waals surface area contributed by atoms with Crippen LogP contribution in [0, 0.1) is 34.5 Å². The molecule has 7 nitrogen and oxygen atoms in total. The Morgan fingerprint density at radius 1 is 1.05 bits per heavy atom. The molecule has 1 heterocycles. The topological polar surface area (TPSA) is 106 Å². The summed E-state index contributed by atoms with van der Waals surface area (Å²) in [7, 11) is 0. The van der Waals surface area contributed by atoms with Crippen LogP contribution in [0.5, 0.6) is 0 Å². The summed E-state index contributed by atoms with van der Waals surface area (Å²) in [4.78, 5) is 9.98. The van der Waals surface area contributed by atoms with Crippen molar-refractivity contribution in [2.75, 3.05) is 17.2 Å². The Labute approximate surface area is 225 Å². The van der Waals surface area contributed by atoms with E-state index in [2.05, 4.69) is 39.6 Å². The first-order chi connectivity index (χ1) is 18.0. The molecular weight excluding hydrogens is 480 g/mol. The number of benzene rings is 1. The average Bonchev–Trinajstić information content (AvgIpc) is 2.90. The number of aliphatic hydroxyl groups excluding tert-OH is 1. The van der Waals surface area contributed by atoms with Gasteiger partial charge in [-0.2, -0.15) is 10.2 Å². The minimum Gasteiger partial charge on any atom is -0.393 e. The fourth-order valence-electron chi connectivity index (χ4n) is 7.99. The molecule has 5 atom stereocenters. The van der Waals surface area contributed by atoms with E-state index in [9.17, 15) is 10.4 Å². The van der Waals surface area contributed by atoms with Gasteiger partial charge in [0.05, 0.1) is 12.3 Å². The number of nitriles is 1. The van der Waals surface area contributed by atoms with Gasteiger partial charge in [-0.15, -0.1) is 12.6 Å². The molecule has 196 valence electrons. The third-order valence-electron chi connectivity index (χ3n) is 9.49. The molecule has 0 amide bonds. The predicted octanol–water partition coefficient (Wildman–Crippen LogP) is 4.75. The summed E-state index contributed by atoms with van der Waals surface area (Å²) in [6.07, 6.45) is 12.1. The molecule has 1 aromatic heterocycles. The lowest BCUT2D eigenvalue weighted by atomic mass is 9.47. The van der Waals surface area contributed by atoms with Crippen LogP contribution in [0.25, 0.3) is 0 Å². The van der Waals surface area contributed by atoms with Crippen LogP contribution in [0.4, 0.5) is 11.8 Å². The monoisotopic (exact) mass is 518 g/mol. The van der Waals surface area contributed by atoms with Gasteiger partial charge in [-0.1, -0.05) is 18.2 Å². The summed E-state index contributed by atoms with van der Waals surface area (Å²) in [6.45, 7) is 1.44. The van der Waals surface area contributed by atoms with E-state index in [0.717, 1.165) is 60.4 Å². The Morgan fingerprint density at radius 3 is 2.54 bits per heavy atom. The zero-order valence-corrected chi connectivity index (χ0v) is 22.3. The Morgan fingerprint density at radius 2 is 1.81 bits per heavy atom. The molecule has 5 aliphatic carbocycles. The number of hydrogen-bond donors (Lipinski definition) is 5. The highest BCUT2D eigenvalue weighted by atomic mass is 32.1. The Bertz CT molecular complexity index is 1140. The lowest BCUT2D eigenvalue weighted by Gasteiger charge is -2.61. The predicted molar refractivity (Wildman–Crippen MR) is 147 cm³/mol. The van der Waals surface area contributed by atoms with Crippen LogP contribution in [-0.2, 0) is 6.54 Å². The number of anilines is 2. The van der Waals surface area contributed by atoms with Gasteiger partial charge in [-0.3, -0.25) is 0 Å². The molecule has 0 spiro atoms. The largest absolute Gasteiger partial charge is 0.393 e. The quantitative estimate of drug-likeness (QED) is 0.321. The van der Waals surface area contributed by atoms with Crippen molar-refractivity contribution in [1.29, 1.82) is 5.26 Å². The third kappa shape index (κ3) is 5.32. The molecule has 0 aliphatic heterocycles. The first-order valence-corrected chi connectivity index (χ1v) is 14.4. The van der Waals surface area contributed by atoms with E-state index in [1.807, 2.05) is 24.3 Å². The average molecular weight is 519 g/mol. The number of aromatic nitrogens is 2. The highest BCUT2D eigenvalue weighted by molar-refractivity contribution is 7.80. The summed E-state index contributed by atoms with van der Waals surface area (Å²) in [5, 5.41) is 30.5. The second-order valence-electron chi connectivity index (χ2n) is 12.1. The maximum Gasteiger partial charge on any atom is 0.224 e. The number of thiol groups is 1. The second kappa shape index (κ2) is 10.4. The molecule has 5 aliphatic rings. The normalized spacial score (nSPS) is 34.2. The van der Waals surface area contributed by atoms with Crippen LogP contribution >= 0.6 is 12.6 Å². The third-order valence-corrected chi connectivity index (χ3v) is 9.93. The molecule has 2 aromatic rings. The van der Waals surface area contributed by atoms with Crippen molar-refractivity contribution in [3.8, 4) is 6.07 Å². The van der Waals surface area contributed by atoms with Crippen LogP contribution in [-0.4, -0.2) is 39.8 Å². The van der Waals surface area contributed by atoms with Crippen molar-refractivity contribution >= 4 is 24.4 Å². The van der Waals surface area contributed by atoms with E-state index in [4.69, 9.17) is 4.98 Å². The van der Waals surface area contributed by atoms with E-state index in [1.54, 1.807) is 6.20 Å². The van der Waals surface area contributed by atoms with Crippen molar-refractivity contribution in [1.82, 2.24) is 15.3 Å². The van der Waals surface area contributed by atoms with Gasteiger partial charge in [0.1, 0.15) is 17.5 Å². The molecule has 1 aromatic carbocycles. The van der Waals surface area contributed by atoms with Crippen LogP contribution in [0.2, 0.25) is 0 Å². The van der Waals surface area contributed by atoms with Gasteiger partial charge in [-0.25, -0.2) is 4.98 Å². The highest BCUT2D eigenvalue weighted by Crippen LogP contribution is 2.60. The summed E-state index contributed by atoms with van der Waals surface area (Å²) in [5.74, 6) is 3.44. The molecule has 37 heavy (non-hydrogen) atoms. The maximum atomic E-state index is 9.90. The number of nitrogens with one attached hydrogen (secondary N) is 3. The smallest absolute Gasteiger partial charge is 0.224 e. The number of hydrogen-bond acceptors (Lipinski definition) is 8. The number of nitrogens with zero attached hydrogens (tertiary/aromatic N) is 3. The Hall–Kier alpha value is -2.34. The molecule has 4 bridgehead atoms. The Kier molecular flexibility index (Phi) is 7.04. The van der Waals surface area contributed by atoms with Gasteiger partial charge in [0.25, 0.3) is 0 Å². The lowest BCUT2D eigenvalue weighted by molar-refractivity contribution is -0.0737. The highest BCUT2D eigenvalue weighted by Gasteiger charge is 2.55. The minimum atomic E-state index is -0.0968. The molecule has 0 saturated heterocycles. The molecule has 1 unspecified atom stereocenters. The van der Waals surface area contributed by atoms with Gasteiger partial charge in [0.2, 0.25) is 5.95 Å². The van der Waals surface area contributed by atoms with Gasteiger partial charge >= 0.3 is 0 Å². The van der Waals surface area contributed by atoms with Gasteiger partial charge in [-0.05, 0) is 92.6 Å². The standard InChI is InChI=1S/C29H38N6OS/c30-14-22-16-32-28(31-15-19-3-1-2-4-25(19)37)35-27(22)33-17-29-11-18-9-20(12-29)26(21(10-18)13-29)34-23-5-7-24(36)8-6-23/h1-4,16,18,20-21,23-24,26,34,36-37H,5-13,15,17H2,(H2,31,32,33,35)/t18?,20-,21+,23-,24-,26-,29+. The van der Waals surface area contributed by atoms with Gasteiger partial charge in [0, 0.05) is 30.1 Å². The summed E-state index contributed by atoms with van der Waals surface area (Å²) >= 11 is 4.53. The molecule has 7 rings (SSSR count). The summed E-state index contributed by atoms with van der Waals surface area (Å²) in [6, 6.07) is 11.4. The van der Waals surface area contributed by atoms with E-state index < -0.39 is 0 Å². The molecular formula is C29H38N6OS. The van der Waals surface area contributed by atoms with Crippen molar-refractivity contribution in [2.45, 2.75) is 87.4 Å². The zero-order valence-electron chi connectivity index (χ0n) is 21.4. The molecule has 4 N–H and O–H groups in total. The van der Waals surface area contributed by atoms with Crippen LogP contribution in [0.3, 0.4) is 0 Å².